The first-order chi connectivity index (χ1) is 31.0. The third kappa shape index (κ3) is 22.2. The van der Waals surface area contributed by atoms with E-state index in [4.69, 9.17) is 21.9 Å². The van der Waals surface area contributed by atoms with Crippen LogP contribution in [0.1, 0.15) is 156 Å². The van der Waals surface area contributed by atoms with Crippen molar-refractivity contribution in [2.24, 2.45) is 45.9 Å². The van der Waals surface area contributed by atoms with Crippen LogP contribution < -0.4 is 21.9 Å². The Balaban J connectivity index is 0.000000414. The van der Waals surface area contributed by atoms with E-state index in [1.807, 2.05) is 54.7 Å². The molecule has 0 saturated carbocycles. The molecule has 0 bridgehead atoms. The van der Waals surface area contributed by atoms with Gasteiger partial charge in [0.25, 0.3) is 0 Å². The van der Waals surface area contributed by atoms with Crippen molar-refractivity contribution < 1.29 is 4.74 Å². The molecule has 0 unspecified atom stereocenters. The molecule has 65 heavy (non-hydrogen) atoms. The number of methoxy groups -OCH3 is 1. The fourth-order valence-corrected chi connectivity index (χ4v) is 5.68. The number of hydrogen-bond donors (Lipinski definition) is 3. The zero-order chi connectivity index (χ0) is 48.3. The van der Waals surface area contributed by atoms with Gasteiger partial charge >= 0.3 is 0 Å². The maximum atomic E-state index is 5.58. The van der Waals surface area contributed by atoms with Crippen LogP contribution in [0.25, 0.3) is 0 Å². The van der Waals surface area contributed by atoms with Gasteiger partial charge in [-0.05, 0) is 89.2 Å². The van der Waals surface area contributed by atoms with Gasteiger partial charge in [-0.15, -0.1) is 0 Å². The van der Waals surface area contributed by atoms with Crippen LogP contribution in [0.2, 0.25) is 0 Å². The second-order valence-electron chi connectivity index (χ2n) is 17.3. The summed E-state index contributed by atoms with van der Waals surface area (Å²) in [5, 5.41) is 0. The molecule has 5 heteroatoms. The summed E-state index contributed by atoms with van der Waals surface area (Å²) in [5.41, 5.74) is 26.4. The zero-order valence-corrected chi connectivity index (χ0v) is 41.4. The van der Waals surface area contributed by atoms with Gasteiger partial charge in [-0.3, -0.25) is 4.99 Å². The van der Waals surface area contributed by atoms with Crippen molar-refractivity contribution in [2.45, 2.75) is 94.9 Å². The Morgan fingerprint density at radius 3 is 1.09 bits per heavy atom. The van der Waals surface area contributed by atoms with E-state index in [9.17, 15) is 0 Å². The van der Waals surface area contributed by atoms with Crippen molar-refractivity contribution in [1.29, 1.82) is 0 Å². The van der Waals surface area contributed by atoms with Gasteiger partial charge in [-0.25, -0.2) is 0 Å². The Labute approximate surface area is 394 Å². The third-order valence-corrected chi connectivity index (χ3v) is 8.81. The van der Waals surface area contributed by atoms with Crippen LogP contribution in [0.5, 0.6) is 5.75 Å². The third-order valence-electron chi connectivity index (χ3n) is 8.81. The predicted octanol–water partition coefficient (Wildman–Crippen LogP) is 10.7. The zero-order valence-electron chi connectivity index (χ0n) is 41.4. The second-order valence-corrected chi connectivity index (χ2v) is 17.3. The summed E-state index contributed by atoms with van der Waals surface area (Å²) in [6, 6.07) is 24.7. The lowest BCUT2D eigenvalue weighted by Crippen LogP contribution is -2.11. The first kappa shape index (κ1) is 54.7. The van der Waals surface area contributed by atoms with E-state index in [0.29, 0.717) is 61.7 Å². The van der Waals surface area contributed by atoms with Gasteiger partial charge in [-0.1, -0.05) is 166 Å². The minimum Gasteiger partial charge on any atom is -0.496 e. The summed E-state index contributed by atoms with van der Waals surface area (Å²) < 4.78 is 5.54. The van der Waals surface area contributed by atoms with Gasteiger partial charge in [0.05, 0.1) is 13.7 Å². The van der Waals surface area contributed by atoms with Crippen LogP contribution in [0.3, 0.4) is 0 Å². The van der Waals surface area contributed by atoms with Gasteiger partial charge < -0.3 is 21.9 Å². The van der Waals surface area contributed by atoms with E-state index in [0.717, 1.165) is 55.8 Å². The number of nitrogens with two attached hydrogens (primary N) is 3. The largest absolute Gasteiger partial charge is 0.496 e. The maximum absolute atomic E-state index is 5.58. The lowest BCUT2D eigenvalue weighted by Gasteiger charge is -2.11. The molecule has 0 radical (unpaired) electrons. The number of ether oxygens (including phenoxy) is 1. The smallest absolute Gasteiger partial charge is 0.123 e. The molecular formula is C60H72N4O. The maximum Gasteiger partial charge on any atom is 0.123 e. The van der Waals surface area contributed by atoms with Crippen molar-refractivity contribution in [1.82, 2.24) is 0 Å². The van der Waals surface area contributed by atoms with Crippen LogP contribution >= 0.6 is 0 Å². The average molecular weight is 865 g/mol. The van der Waals surface area contributed by atoms with Gasteiger partial charge in [-0.2, -0.15) is 0 Å². The highest BCUT2D eigenvalue weighted by Gasteiger charge is 2.08. The van der Waals surface area contributed by atoms with Gasteiger partial charge in [0.15, 0.2) is 0 Å². The van der Waals surface area contributed by atoms with Gasteiger partial charge in [0.1, 0.15) is 5.75 Å². The van der Waals surface area contributed by atoms with Crippen LogP contribution in [-0.4, -0.2) is 39.5 Å². The van der Waals surface area contributed by atoms with Crippen molar-refractivity contribution in [3.8, 4) is 76.8 Å². The average Bonchev–Trinajstić information content (AvgIpc) is 3.27. The molecule has 4 aromatic carbocycles. The van der Waals surface area contributed by atoms with Crippen molar-refractivity contribution in [3.63, 3.8) is 0 Å². The van der Waals surface area contributed by atoms with Crippen LogP contribution in [0, 0.1) is 94.7 Å². The molecule has 4 aromatic rings. The molecule has 0 aliphatic carbocycles. The molecule has 6 N–H and O–H groups in total. The molecule has 338 valence electrons. The fourth-order valence-electron chi connectivity index (χ4n) is 5.68. The van der Waals surface area contributed by atoms with E-state index >= 15 is 0 Å². The normalized spacial score (nSPS) is 10.1. The molecule has 0 spiro atoms. The SMILES string of the molecule is CC(C)C#Cc1cc(C#Cc2ccc(C(C)C)c(C=NCCN)c2)cc(C#CC(C)C)c1.COc1cc(C#Cc2cc(C#CC(C)C)cc(C#CC(C)C)c2)ccc1C(C)C.NCCN. The minimum absolute atomic E-state index is 0.314. The van der Waals surface area contributed by atoms with Crippen molar-refractivity contribution >= 4 is 6.21 Å². The molecule has 0 aliphatic rings. The molecule has 0 saturated heterocycles. The molecule has 0 amide bonds. The summed E-state index contributed by atoms with van der Waals surface area (Å²) in [4.78, 5) is 4.43. The summed E-state index contributed by atoms with van der Waals surface area (Å²) in [7, 11) is 1.70. The predicted molar refractivity (Wildman–Crippen MR) is 279 cm³/mol. The standard InChI is InChI=1S/C30H34N2.C28H30O.C2H8N2/c1-22(2)7-9-26-17-27(10-8-23(3)4)19-28(18-26)12-11-25-13-14-30(24(5)6)29(20-25)21-32-16-15-31;1-20(2)8-10-24-16-25(11-9-21(3)4)18-26(17-24)13-12-23-14-15-27(22(5)6)28(19-23)29-7;3-1-2-4/h13-14,17-24H,15-16,31H2,1-6H3;14-22H,1-7H3;1-4H2. The highest BCUT2D eigenvalue weighted by Crippen LogP contribution is 2.27. The lowest BCUT2D eigenvalue weighted by atomic mass is 9.95. The quantitative estimate of drug-likeness (QED) is 0.127. The number of hydrogen-bond acceptors (Lipinski definition) is 5. The Morgan fingerprint density at radius 2 is 0.769 bits per heavy atom. The molecule has 0 atom stereocenters. The minimum atomic E-state index is 0.314. The molecule has 0 heterocycles. The van der Waals surface area contributed by atoms with Gasteiger partial charge in [0.2, 0.25) is 0 Å². The Hall–Kier alpha value is -6.41. The molecule has 0 fully saturated rings. The number of aliphatic imine (C=N–C) groups is 1. The number of nitrogens with zero attached hydrogens (tertiary/aromatic N) is 1. The molecule has 5 nitrogen and oxygen atoms in total. The van der Waals surface area contributed by atoms with Crippen molar-refractivity contribution in [3.05, 3.63) is 134 Å². The number of benzene rings is 4. The molecular weight excluding hydrogens is 793 g/mol. The van der Waals surface area contributed by atoms with Crippen molar-refractivity contribution in [2.75, 3.05) is 33.3 Å². The fraction of sp³-hybridized carbons (Fsp3) is 0.383. The van der Waals surface area contributed by atoms with E-state index in [2.05, 4.69) is 183 Å². The lowest BCUT2D eigenvalue weighted by molar-refractivity contribution is 0.407. The monoisotopic (exact) mass is 865 g/mol. The van der Waals surface area contributed by atoms with Crippen LogP contribution in [-0.2, 0) is 0 Å². The highest BCUT2D eigenvalue weighted by atomic mass is 16.5. The van der Waals surface area contributed by atoms with E-state index < -0.39 is 0 Å². The Kier molecular flexibility index (Phi) is 25.1. The van der Waals surface area contributed by atoms with E-state index in [1.54, 1.807) is 7.11 Å². The van der Waals surface area contributed by atoms with E-state index in [1.165, 1.54) is 11.1 Å². The summed E-state index contributed by atoms with van der Waals surface area (Å²) in [6.45, 7) is 27.8. The van der Waals surface area contributed by atoms with Crippen LogP contribution in [0.15, 0.2) is 77.8 Å². The van der Waals surface area contributed by atoms with E-state index in [-0.39, 0.29) is 0 Å². The summed E-state index contributed by atoms with van der Waals surface area (Å²) in [5.74, 6) is 42.0. The Morgan fingerprint density at radius 1 is 0.431 bits per heavy atom. The Bertz CT molecular complexity index is 2480. The van der Waals surface area contributed by atoms with Crippen LogP contribution in [0.4, 0.5) is 0 Å². The summed E-state index contributed by atoms with van der Waals surface area (Å²) in [6.07, 6.45) is 1.91. The molecule has 0 aromatic heterocycles. The second kappa shape index (κ2) is 29.9. The topological polar surface area (TPSA) is 99.6 Å². The summed E-state index contributed by atoms with van der Waals surface area (Å²) >= 11 is 0. The molecule has 4 rings (SSSR count). The molecule has 0 aliphatic heterocycles. The van der Waals surface area contributed by atoms with Gasteiger partial charge in [0, 0.05) is 94.0 Å². The highest BCUT2D eigenvalue weighted by molar-refractivity contribution is 5.83. The first-order valence-electron chi connectivity index (χ1n) is 22.8. The first-order valence-corrected chi connectivity index (χ1v) is 22.8. The number of rotatable bonds is 7.